The summed E-state index contributed by atoms with van der Waals surface area (Å²) in [5.41, 5.74) is 1.94. The number of rotatable bonds is 0. The third-order valence-corrected chi connectivity index (χ3v) is 3.39. The van der Waals surface area contributed by atoms with E-state index in [9.17, 15) is 5.11 Å². The molecule has 4 rings (SSSR count). The van der Waals surface area contributed by atoms with Crippen LogP contribution in [0.5, 0.6) is 0 Å². The lowest BCUT2D eigenvalue weighted by molar-refractivity contribution is 0.0332. The molecular formula is C14H10O2. The molecule has 1 saturated heterocycles. The fraction of sp³-hybridized carbons (Fsp3) is 0.143. The molecule has 0 amide bonds. The molecule has 1 aliphatic carbocycles. The first-order valence-electron chi connectivity index (χ1n) is 5.39. The van der Waals surface area contributed by atoms with Crippen molar-refractivity contribution in [1.82, 2.24) is 0 Å². The highest BCUT2D eigenvalue weighted by Crippen LogP contribution is 2.49. The Morgan fingerprint density at radius 1 is 1.12 bits per heavy atom. The van der Waals surface area contributed by atoms with Crippen LogP contribution >= 0.6 is 0 Å². The lowest BCUT2D eigenvalue weighted by Crippen LogP contribution is -2.14. The summed E-state index contributed by atoms with van der Waals surface area (Å²) in [7, 11) is 0. The number of hydrogen-bond donors (Lipinski definition) is 1. The number of epoxide rings is 1. The Balaban J connectivity index is 2.08. The second-order valence-corrected chi connectivity index (χ2v) is 4.38. The predicted molar refractivity (Wildman–Crippen MR) is 61.8 cm³/mol. The van der Waals surface area contributed by atoms with Crippen LogP contribution in [-0.2, 0) is 10.5 Å². The van der Waals surface area contributed by atoms with Gasteiger partial charge in [0.25, 0.3) is 0 Å². The fourth-order valence-electron chi connectivity index (χ4n) is 2.44. The zero-order valence-corrected chi connectivity index (χ0v) is 8.55. The Morgan fingerprint density at radius 3 is 2.69 bits per heavy atom. The van der Waals surface area contributed by atoms with Crippen LogP contribution in [0.4, 0.5) is 0 Å². The number of ether oxygens (including phenoxy) is 1. The van der Waals surface area contributed by atoms with Gasteiger partial charge in [-0.05, 0) is 34.5 Å². The monoisotopic (exact) mass is 210 g/mol. The van der Waals surface area contributed by atoms with Crippen LogP contribution in [0, 0.1) is 0 Å². The maximum Gasteiger partial charge on any atom is 0.224 e. The van der Waals surface area contributed by atoms with Crippen LogP contribution in [0.2, 0.25) is 0 Å². The molecule has 78 valence electrons. The molecule has 2 aromatic carbocycles. The molecule has 0 aromatic heterocycles. The summed E-state index contributed by atoms with van der Waals surface area (Å²) in [6, 6.07) is 12.3. The molecule has 1 aliphatic heterocycles. The molecule has 16 heavy (non-hydrogen) atoms. The summed E-state index contributed by atoms with van der Waals surface area (Å²) >= 11 is 0. The first-order valence-corrected chi connectivity index (χ1v) is 5.39. The van der Waals surface area contributed by atoms with E-state index in [1.807, 2.05) is 30.4 Å². The standard InChI is InChI=1S/C14H10O2/c15-14-12-8-10-4-2-1-3-9(10)7-11(12)5-6-13(14)16-14/h1-8,13,15H. The quantitative estimate of drug-likeness (QED) is 0.677. The average molecular weight is 210 g/mol. The van der Waals surface area contributed by atoms with Crippen molar-refractivity contribution in [3.05, 3.63) is 53.6 Å². The molecule has 1 heterocycles. The summed E-state index contributed by atoms with van der Waals surface area (Å²) < 4.78 is 5.31. The number of hydrogen-bond acceptors (Lipinski definition) is 2. The highest BCUT2D eigenvalue weighted by molar-refractivity contribution is 5.87. The van der Waals surface area contributed by atoms with Crippen molar-refractivity contribution in [3.63, 3.8) is 0 Å². The molecule has 0 spiro atoms. The molecule has 2 aliphatic rings. The van der Waals surface area contributed by atoms with Crippen molar-refractivity contribution < 1.29 is 9.84 Å². The minimum atomic E-state index is -1.06. The highest BCUT2D eigenvalue weighted by Gasteiger charge is 2.57. The van der Waals surface area contributed by atoms with E-state index < -0.39 is 5.79 Å². The largest absolute Gasteiger partial charge is 0.359 e. The van der Waals surface area contributed by atoms with E-state index in [2.05, 4.69) is 18.2 Å². The van der Waals surface area contributed by atoms with E-state index in [0.29, 0.717) is 0 Å². The fourth-order valence-corrected chi connectivity index (χ4v) is 2.44. The van der Waals surface area contributed by atoms with E-state index in [1.54, 1.807) is 0 Å². The van der Waals surface area contributed by atoms with Crippen LogP contribution in [0.1, 0.15) is 11.1 Å². The second kappa shape index (κ2) is 2.54. The van der Waals surface area contributed by atoms with Gasteiger partial charge < -0.3 is 9.84 Å². The molecule has 2 atom stereocenters. The Bertz CT molecular complexity index is 630. The number of fused-ring (bicyclic) bond motifs is 4. The molecule has 0 bridgehead atoms. The number of aliphatic hydroxyl groups is 1. The first-order chi connectivity index (χ1) is 7.77. The summed E-state index contributed by atoms with van der Waals surface area (Å²) in [6.07, 6.45) is 3.78. The maximum atomic E-state index is 10.2. The topological polar surface area (TPSA) is 32.8 Å². The van der Waals surface area contributed by atoms with Gasteiger partial charge in [-0.15, -0.1) is 0 Å². The van der Waals surface area contributed by atoms with Gasteiger partial charge >= 0.3 is 0 Å². The predicted octanol–water partition coefficient (Wildman–Crippen LogP) is 2.41. The molecule has 1 N–H and O–H groups in total. The molecular weight excluding hydrogens is 200 g/mol. The second-order valence-electron chi connectivity index (χ2n) is 4.38. The Hall–Kier alpha value is -1.64. The van der Waals surface area contributed by atoms with Crippen molar-refractivity contribution >= 4 is 16.8 Å². The van der Waals surface area contributed by atoms with E-state index >= 15 is 0 Å². The van der Waals surface area contributed by atoms with E-state index in [1.165, 1.54) is 5.39 Å². The summed E-state index contributed by atoms with van der Waals surface area (Å²) in [5.74, 6) is -1.06. The van der Waals surface area contributed by atoms with Crippen molar-refractivity contribution in [2.24, 2.45) is 0 Å². The summed E-state index contributed by atoms with van der Waals surface area (Å²) in [4.78, 5) is 0. The molecule has 2 unspecified atom stereocenters. The zero-order valence-electron chi connectivity index (χ0n) is 8.55. The summed E-state index contributed by atoms with van der Waals surface area (Å²) in [5, 5.41) is 12.5. The normalized spacial score (nSPS) is 29.9. The first kappa shape index (κ1) is 8.50. The molecule has 0 saturated carbocycles. The lowest BCUT2D eigenvalue weighted by Gasteiger charge is -2.14. The van der Waals surface area contributed by atoms with Gasteiger partial charge in [-0.1, -0.05) is 30.3 Å². The Kier molecular flexibility index (Phi) is 1.35. The highest BCUT2D eigenvalue weighted by atomic mass is 16.7. The molecule has 0 radical (unpaired) electrons. The van der Waals surface area contributed by atoms with E-state index in [0.717, 1.165) is 16.5 Å². The van der Waals surface area contributed by atoms with Crippen LogP contribution in [0.25, 0.3) is 16.8 Å². The molecule has 2 nitrogen and oxygen atoms in total. The number of benzene rings is 2. The van der Waals surface area contributed by atoms with Crippen molar-refractivity contribution in [3.8, 4) is 0 Å². The lowest BCUT2D eigenvalue weighted by atomic mass is 9.92. The van der Waals surface area contributed by atoms with Gasteiger partial charge in [0, 0.05) is 5.56 Å². The Labute approximate surface area is 92.8 Å². The van der Waals surface area contributed by atoms with Crippen molar-refractivity contribution in [2.75, 3.05) is 0 Å². The van der Waals surface area contributed by atoms with E-state index in [4.69, 9.17) is 4.74 Å². The van der Waals surface area contributed by atoms with Gasteiger partial charge in [0.1, 0.15) is 6.10 Å². The molecule has 2 aromatic rings. The summed E-state index contributed by atoms with van der Waals surface area (Å²) in [6.45, 7) is 0. The van der Waals surface area contributed by atoms with Crippen LogP contribution in [0.3, 0.4) is 0 Å². The smallest absolute Gasteiger partial charge is 0.224 e. The molecule has 2 heteroatoms. The third-order valence-electron chi connectivity index (χ3n) is 3.39. The van der Waals surface area contributed by atoms with Gasteiger partial charge in [-0.2, -0.15) is 0 Å². The minimum absolute atomic E-state index is 0.152. The van der Waals surface area contributed by atoms with Crippen LogP contribution in [0.15, 0.2) is 42.5 Å². The molecule has 1 fully saturated rings. The van der Waals surface area contributed by atoms with Gasteiger partial charge in [0.15, 0.2) is 0 Å². The van der Waals surface area contributed by atoms with E-state index in [-0.39, 0.29) is 6.10 Å². The van der Waals surface area contributed by atoms with Gasteiger partial charge in [-0.25, -0.2) is 0 Å². The van der Waals surface area contributed by atoms with Crippen molar-refractivity contribution in [2.45, 2.75) is 11.9 Å². The average Bonchev–Trinajstić information content (AvgIpc) is 2.99. The van der Waals surface area contributed by atoms with Crippen LogP contribution < -0.4 is 0 Å². The Morgan fingerprint density at radius 2 is 1.88 bits per heavy atom. The zero-order chi connectivity index (χ0) is 10.8. The van der Waals surface area contributed by atoms with Crippen LogP contribution in [-0.4, -0.2) is 11.2 Å². The SMILES string of the molecule is OC12OC1C=Cc1cc3ccccc3cc12. The minimum Gasteiger partial charge on any atom is -0.359 e. The van der Waals surface area contributed by atoms with Gasteiger partial charge in [0.2, 0.25) is 5.79 Å². The van der Waals surface area contributed by atoms with Gasteiger partial charge in [0.05, 0.1) is 0 Å². The van der Waals surface area contributed by atoms with Crippen molar-refractivity contribution in [1.29, 1.82) is 0 Å². The maximum absolute atomic E-state index is 10.2. The third kappa shape index (κ3) is 0.932. The van der Waals surface area contributed by atoms with Gasteiger partial charge in [-0.3, -0.25) is 0 Å².